The van der Waals surface area contributed by atoms with E-state index in [9.17, 15) is 24.6 Å². The predicted octanol–water partition coefficient (Wildman–Crippen LogP) is -4.85. The van der Waals surface area contributed by atoms with Crippen LogP contribution in [0.4, 0.5) is 4.79 Å². The molecule has 5 aliphatic heterocycles. The van der Waals surface area contributed by atoms with Crippen molar-refractivity contribution in [3.63, 3.8) is 0 Å². The minimum Gasteiger partial charge on any atom is -0.492 e. The molecule has 1 spiro atoms. The van der Waals surface area contributed by atoms with Gasteiger partial charge in [0, 0.05) is 5.56 Å². The van der Waals surface area contributed by atoms with Crippen molar-refractivity contribution in [1.82, 2.24) is 25.8 Å². The third-order valence-electron chi connectivity index (χ3n) is 8.46. The average molecular weight is 543 g/mol. The van der Waals surface area contributed by atoms with E-state index in [1.165, 1.54) is 4.90 Å². The summed E-state index contributed by atoms with van der Waals surface area (Å²) >= 11 is 0. The number of fused-ring (bicyclic) bond motifs is 1. The van der Waals surface area contributed by atoms with Crippen LogP contribution in [0, 0.1) is 0 Å². The van der Waals surface area contributed by atoms with Crippen molar-refractivity contribution in [3.05, 3.63) is 29.3 Å². The number of nitrogens with two attached hydrogens (primary N) is 2. The van der Waals surface area contributed by atoms with Crippen LogP contribution in [0.15, 0.2) is 23.2 Å². The van der Waals surface area contributed by atoms with Crippen LogP contribution < -0.4 is 37.1 Å². The lowest BCUT2D eigenvalue weighted by atomic mass is 9.79. The standard InChI is InChI=1S/C24H31N9O6/c1-22(2)6-7-39-16-11(4-3-5-12(16)22)18(35)29-14-10-33-20(26)28-13(9-32-15(34)8-27-21(32)36)17-23(33,24(14,37)38)31-19(25)30-17/h3-5,13-14,17,37-38H,6-10H2,1-2H3,(H2,26,28)(H,27,36)(H,29,35)(H3,25,30,31)/p+1/t13-,14?,17-,23-/m0/s1. The van der Waals surface area contributed by atoms with E-state index >= 15 is 0 Å². The summed E-state index contributed by atoms with van der Waals surface area (Å²) in [5.41, 5.74) is 11.6. The van der Waals surface area contributed by atoms with Crippen LogP contribution in [0.3, 0.4) is 0 Å². The fourth-order valence-electron chi connectivity index (χ4n) is 6.33. The number of urea groups is 1. The summed E-state index contributed by atoms with van der Waals surface area (Å²) < 4.78 is 5.87. The van der Waals surface area contributed by atoms with Gasteiger partial charge in [-0.2, -0.15) is 0 Å². The number of hydrogen-bond acceptors (Lipinski definition) is 11. The fourth-order valence-corrected chi connectivity index (χ4v) is 6.33. The van der Waals surface area contributed by atoms with Crippen molar-refractivity contribution in [1.29, 1.82) is 0 Å². The van der Waals surface area contributed by atoms with Gasteiger partial charge < -0.3 is 31.3 Å². The molecule has 6 rings (SSSR count). The predicted molar refractivity (Wildman–Crippen MR) is 135 cm³/mol. The molecule has 15 nitrogen and oxygen atoms in total. The van der Waals surface area contributed by atoms with Gasteiger partial charge in [0.2, 0.25) is 11.7 Å². The molecule has 5 heterocycles. The summed E-state index contributed by atoms with van der Waals surface area (Å²) in [7, 11) is 0. The molecular weight excluding hydrogens is 510 g/mol. The number of rotatable bonds is 4. The number of aliphatic hydroxyl groups is 2. The molecule has 10 N–H and O–H groups in total. The number of benzene rings is 1. The Kier molecular flexibility index (Phi) is 5.29. The van der Waals surface area contributed by atoms with Crippen LogP contribution in [0.5, 0.6) is 5.75 Å². The zero-order valence-corrected chi connectivity index (χ0v) is 21.5. The van der Waals surface area contributed by atoms with Crippen LogP contribution >= 0.6 is 0 Å². The normalized spacial score (nSPS) is 31.7. The van der Waals surface area contributed by atoms with E-state index in [1.807, 2.05) is 6.07 Å². The second-order valence-corrected chi connectivity index (χ2v) is 11.2. The first-order valence-corrected chi connectivity index (χ1v) is 12.7. The quantitative estimate of drug-likeness (QED) is 0.134. The molecule has 4 amide bonds. The molecule has 0 aliphatic carbocycles. The van der Waals surface area contributed by atoms with Gasteiger partial charge in [-0.3, -0.25) is 30.1 Å². The van der Waals surface area contributed by atoms with E-state index < -0.39 is 47.4 Å². The maximum absolute atomic E-state index is 13.5. The number of carbonyl (C=O) groups excluding carboxylic acids is 3. The highest BCUT2D eigenvalue weighted by atomic mass is 16.5. The zero-order valence-electron chi connectivity index (χ0n) is 21.5. The van der Waals surface area contributed by atoms with Crippen molar-refractivity contribution in [2.24, 2.45) is 16.5 Å². The van der Waals surface area contributed by atoms with E-state index in [0.29, 0.717) is 12.4 Å². The zero-order chi connectivity index (χ0) is 27.9. The molecule has 0 aromatic heterocycles. The van der Waals surface area contributed by atoms with Crippen molar-refractivity contribution < 1.29 is 34.3 Å². The molecule has 1 unspecified atom stereocenters. The molecule has 4 atom stereocenters. The lowest BCUT2D eigenvalue weighted by molar-refractivity contribution is -0.521. The SMILES string of the molecule is CC1(C)CCOc2c(C(=O)NC3CN4C(N)=N[C@@H](CN5C(=O)CNC5=O)[C@@H]5[NH+]=C(N)N[C@@]54C3(O)O)cccc21. The second kappa shape index (κ2) is 8.19. The van der Waals surface area contributed by atoms with Crippen LogP contribution in [0.2, 0.25) is 0 Å². The monoisotopic (exact) mass is 542 g/mol. The molecule has 5 aliphatic rings. The van der Waals surface area contributed by atoms with Crippen molar-refractivity contribution >= 4 is 29.8 Å². The van der Waals surface area contributed by atoms with Gasteiger partial charge in [0.25, 0.3) is 11.6 Å². The molecule has 2 fully saturated rings. The van der Waals surface area contributed by atoms with E-state index in [2.05, 4.69) is 39.8 Å². The summed E-state index contributed by atoms with van der Waals surface area (Å²) in [6.45, 7) is 4.16. The molecule has 0 bridgehead atoms. The molecule has 1 aromatic rings. The van der Waals surface area contributed by atoms with Crippen LogP contribution in [0.1, 0.15) is 36.2 Å². The number of ether oxygens (including phenoxy) is 1. The number of hydrogen-bond donors (Lipinski definition) is 8. The second-order valence-electron chi connectivity index (χ2n) is 11.2. The van der Waals surface area contributed by atoms with Gasteiger partial charge in [-0.15, -0.1) is 0 Å². The van der Waals surface area contributed by atoms with Crippen molar-refractivity contribution in [3.8, 4) is 5.75 Å². The highest BCUT2D eigenvalue weighted by Gasteiger charge is 2.76. The summed E-state index contributed by atoms with van der Waals surface area (Å²) in [6, 6.07) is 1.67. The summed E-state index contributed by atoms with van der Waals surface area (Å²) in [4.78, 5) is 47.8. The molecule has 2 saturated heterocycles. The van der Waals surface area contributed by atoms with Crippen LogP contribution in [-0.2, 0) is 10.2 Å². The minimum absolute atomic E-state index is 0.0179. The Morgan fingerprint density at radius 3 is 2.79 bits per heavy atom. The lowest BCUT2D eigenvalue weighted by Gasteiger charge is -2.46. The van der Waals surface area contributed by atoms with Gasteiger partial charge in [-0.05, 0) is 17.9 Å². The lowest BCUT2D eigenvalue weighted by Crippen LogP contribution is -2.90. The number of nitrogens with zero attached hydrogens (tertiary/aromatic N) is 3. The van der Waals surface area contributed by atoms with E-state index in [4.69, 9.17) is 16.2 Å². The molecule has 1 aromatic carbocycles. The number of guanidine groups is 2. The van der Waals surface area contributed by atoms with Gasteiger partial charge in [0.05, 0.1) is 31.8 Å². The maximum Gasteiger partial charge on any atom is 0.343 e. The van der Waals surface area contributed by atoms with Crippen LogP contribution in [0.25, 0.3) is 0 Å². The van der Waals surface area contributed by atoms with Crippen molar-refractivity contribution in [2.75, 3.05) is 26.2 Å². The Labute approximate surface area is 223 Å². The highest BCUT2D eigenvalue weighted by Crippen LogP contribution is 2.43. The number of aliphatic imine (C=N–C) groups is 1. The smallest absolute Gasteiger partial charge is 0.343 e. The summed E-state index contributed by atoms with van der Waals surface area (Å²) in [5.74, 6) is -3.22. The van der Waals surface area contributed by atoms with Gasteiger partial charge in [-0.25, -0.2) is 15.1 Å². The van der Waals surface area contributed by atoms with E-state index in [1.54, 1.807) is 12.1 Å². The van der Waals surface area contributed by atoms with Crippen molar-refractivity contribution in [2.45, 2.75) is 55.3 Å². The number of nitrogens with one attached hydrogen (secondary N) is 4. The maximum atomic E-state index is 13.5. The number of amides is 4. The fraction of sp³-hybridized carbons (Fsp3) is 0.542. The van der Waals surface area contributed by atoms with Crippen LogP contribution in [-0.4, -0.2) is 106 Å². The van der Waals surface area contributed by atoms with Gasteiger partial charge in [-0.1, -0.05) is 26.0 Å². The molecule has 39 heavy (non-hydrogen) atoms. The first kappa shape index (κ1) is 25.2. The van der Waals surface area contributed by atoms with E-state index in [-0.39, 0.29) is 42.5 Å². The number of imide groups is 1. The first-order chi connectivity index (χ1) is 18.4. The Morgan fingerprint density at radius 2 is 2.08 bits per heavy atom. The molecule has 0 radical (unpaired) electrons. The Hall–Kier alpha value is -4.11. The molecule has 15 heteroatoms. The average Bonchev–Trinajstić information content (AvgIpc) is 3.46. The highest BCUT2D eigenvalue weighted by molar-refractivity contribution is 6.02. The van der Waals surface area contributed by atoms with Gasteiger partial charge in [0.1, 0.15) is 17.8 Å². The number of carbonyl (C=O) groups is 3. The Morgan fingerprint density at radius 1 is 1.31 bits per heavy atom. The van der Waals surface area contributed by atoms with Gasteiger partial charge in [0.15, 0.2) is 12.0 Å². The minimum atomic E-state index is -2.63. The summed E-state index contributed by atoms with van der Waals surface area (Å²) in [5, 5.41) is 31.4. The van der Waals surface area contributed by atoms with E-state index in [0.717, 1.165) is 16.9 Å². The number of para-hydroxylation sites is 1. The molecule has 208 valence electrons. The summed E-state index contributed by atoms with van der Waals surface area (Å²) in [6.07, 6.45) is 0.796. The Balaban J connectivity index is 1.32. The molecular formula is C24H32N9O6+. The topological polar surface area (TPSA) is 222 Å². The Bertz CT molecular complexity index is 1330. The third-order valence-corrected chi connectivity index (χ3v) is 8.46. The largest absolute Gasteiger partial charge is 0.492 e. The molecule has 0 saturated carbocycles. The first-order valence-electron chi connectivity index (χ1n) is 12.7. The van der Waals surface area contributed by atoms with Gasteiger partial charge >= 0.3 is 12.0 Å². The third kappa shape index (κ3) is 3.45.